The molecule has 1 aliphatic heterocycles. The third-order valence-electron chi connectivity index (χ3n) is 3.80. The number of hydrogen-bond acceptors (Lipinski definition) is 5. The predicted molar refractivity (Wildman–Crippen MR) is 87.8 cm³/mol. The zero-order valence-corrected chi connectivity index (χ0v) is 14.7. The largest absolute Gasteiger partial charge is 0.493 e. The Morgan fingerprint density at radius 3 is 2.50 bits per heavy atom. The average molecular weight is 374 g/mol. The SMILES string of the molecule is COc1ccccc1OCC(=O)N1N=C(CC(C)C)CC1(O)C(F)(F)F. The molecule has 0 aliphatic carbocycles. The van der Waals surface area contributed by atoms with E-state index < -0.39 is 30.8 Å². The molecule has 9 heteroatoms. The maximum atomic E-state index is 13.4. The Hall–Kier alpha value is -2.29. The normalized spacial score (nSPS) is 20.3. The number of rotatable bonds is 6. The molecule has 144 valence electrons. The molecule has 1 unspecified atom stereocenters. The first-order valence-corrected chi connectivity index (χ1v) is 8.03. The fraction of sp³-hybridized carbons (Fsp3) is 0.529. The second-order valence-corrected chi connectivity index (χ2v) is 6.40. The van der Waals surface area contributed by atoms with Gasteiger partial charge >= 0.3 is 6.18 Å². The highest BCUT2D eigenvalue weighted by molar-refractivity contribution is 5.91. The number of ether oxygens (including phenoxy) is 2. The molecule has 1 aromatic carbocycles. The van der Waals surface area contributed by atoms with E-state index in [1.165, 1.54) is 13.2 Å². The van der Waals surface area contributed by atoms with Crippen molar-refractivity contribution in [3.63, 3.8) is 0 Å². The van der Waals surface area contributed by atoms with Crippen LogP contribution in [0.2, 0.25) is 0 Å². The van der Waals surface area contributed by atoms with E-state index in [1.54, 1.807) is 18.2 Å². The molecule has 2 rings (SSSR count). The van der Waals surface area contributed by atoms with Crippen LogP contribution in [-0.4, -0.2) is 47.4 Å². The van der Waals surface area contributed by atoms with Crippen molar-refractivity contribution in [2.75, 3.05) is 13.7 Å². The predicted octanol–water partition coefficient (Wildman–Crippen LogP) is 2.96. The summed E-state index contributed by atoms with van der Waals surface area (Å²) in [6.45, 7) is 2.89. The third kappa shape index (κ3) is 4.09. The maximum Gasteiger partial charge on any atom is 0.438 e. The number of para-hydroxylation sites is 2. The average Bonchev–Trinajstić information content (AvgIpc) is 2.89. The number of benzene rings is 1. The van der Waals surface area contributed by atoms with Crippen molar-refractivity contribution in [3.05, 3.63) is 24.3 Å². The summed E-state index contributed by atoms with van der Waals surface area (Å²) in [5.41, 5.74) is -3.25. The van der Waals surface area contributed by atoms with E-state index in [0.29, 0.717) is 5.75 Å². The van der Waals surface area contributed by atoms with Gasteiger partial charge in [0.25, 0.3) is 11.6 Å². The van der Waals surface area contributed by atoms with Gasteiger partial charge in [-0.15, -0.1) is 0 Å². The number of hydrazone groups is 1. The Balaban J connectivity index is 2.19. The van der Waals surface area contributed by atoms with Gasteiger partial charge in [0.2, 0.25) is 0 Å². The highest BCUT2D eigenvalue weighted by Gasteiger charge is 2.63. The summed E-state index contributed by atoms with van der Waals surface area (Å²) < 4.78 is 50.4. The molecule has 1 aromatic rings. The van der Waals surface area contributed by atoms with Crippen molar-refractivity contribution >= 4 is 11.6 Å². The first kappa shape index (κ1) is 20.0. The lowest BCUT2D eigenvalue weighted by Gasteiger charge is -2.32. The standard InChI is InChI=1S/C17H21F3N2O4/c1-11(2)8-12-9-16(24,17(18,19)20)22(21-12)15(23)10-26-14-7-5-4-6-13(14)25-3/h4-7,11,24H,8-10H2,1-3H3. The van der Waals surface area contributed by atoms with Crippen molar-refractivity contribution in [1.82, 2.24) is 5.01 Å². The summed E-state index contributed by atoms with van der Waals surface area (Å²) in [5, 5.41) is 13.9. The number of hydrogen-bond donors (Lipinski definition) is 1. The monoisotopic (exact) mass is 374 g/mol. The molecule has 0 aromatic heterocycles. The van der Waals surface area contributed by atoms with Gasteiger partial charge in [0.1, 0.15) is 0 Å². The highest BCUT2D eigenvalue weighted by atomic mass is 19.4. The third-order valence-corrected chi connectivity index (χ3v) is 3.80. The number of halogens is 3. The Labute approximate surface area is 149 Å². The number of amides is 1. The van der Waals surface area contributed by atoms with Crippen LogP contribution in [0.4, 0.5) is 13.2 Å². The molecule has 1 atom stereocenters. The molecule has 1 aliphatic rings. The molecular weight excluding hydrogens is 353 g/mol. The molecule has 0 fully saturated rings. The summed E-state index contributed by atoms with van der Waals surface area (Å²) >= 11 is 0. The number of carbonyl (C=O) groups is 1. The fourth-order valence-electron chi connectivity index (χ4n) is 2.62. The molecule has 0 saturated carbocycles. The maximum absolute atomic E-state index is 13.4. The van der Waals surface area contributed by atoms with Crippen LogP contribution in [0.5, 0.6) is 11.5 Å². The Kier molecular flexibility index (Phi) is 5.80. The van der Waals surface area contributed by atoms with Gasteiger partial charge in [0, 0.05) is 12.1 Å². The van der Waals surface area contributed by atoms with Crippen LogP contribution < -0.4 is 9.47 Å². The minimum Gasteiger partial charge on any atom is -0.493 e. The number of carbonyl (C=O) groups excluding carboxylic acids is 1. The summed E-state index contributed by atoms with van der Waals surface area (Å²) in [4.78, 5) is 12.3. The van der Waals surface area contributed by atoms with Gasteiger partial charge in [-0.1, -0.05) is 26.0 Å². The molecule has 1 heterocycles. The first-order valence-electron chi connectivity index (χ1n) is 8.03. The van der Waals surface area contributed by atoms with Crippen molar-refractivity contribution < 1.29 is 32.5 Å². The lowest BCUT2D eigenvalue weighted by atomic mass is 9.99. The van der Waals surface area contributed by atoms with Crippen LogP contribution in [0.25, 0.3) is 0 Å². The molecule has 0 saturated heterocycles. The Bertz CT molecular complexity index is 691. The summed E-state index contributed by atoms with van der Waals surface area (Å²) in [7, 11) is 1.40. The molecule has 0 bridgehead atoms. The quantitative estimate of drug-likeness (QED) is 0.831. The minimum atomic E-state index is -5.05. The zero-order valence-electron chi connectivity index (χ0n) is 14.7. The van der Waals surface area contributed by atoms with Gasteiger partial charge in [0.05, 0.1) is 7.11 Å². The fourth-order valence-corrected chi connectivity index (χ4v) is 2.62. The van der Waals surface area contributed by atoms with E-state index >= 15 is 0 Å². The zero-order chi connectivity index (χ0) is 19.5. The smallest absolute Gasteiger partial charge is 0.438 e. The highest BCUT2D eigenvalue weighted by Crippen LogP contribution is 2.41. The van der Waals surface area contributed by atoms with E-state index in [-0.39, 0.29) is 28.8 Å². The van der Waals surface area contributed by atoms with Crippen molar-refractivity contribution in [2.24, 2.45) is 11.0 Å². The summed E-state index contributed by atoms with van der Waals surface area (Å²) in [6, 6.07) is 6.40. The second kappa shape index (κ2) is 7.53. The Morgan fingerprint density at radius 2 is 1.96 bits per heavy atom. The van der Waals surface area contributed by atoms with Gasteiger partial charge in [-0.25, -0.2) is 0 Å². The van der Waals surface area contributed by atoms with Crippen LogP contribution in [0, 0.1) is 5.92 Å². The molecule has 6 nitrogen and oxygen atoms in total. The molecule has 1 N–H and O–H groups in total. The molecule has 0 spiro atoms. The number of alkyl halides is 3. The molecular formula is C17H21F3N2O4. The first-order chi connectivity index (χ1) is 12.1. The van der Waals surface area contributed by atoms with Gasteiger partial charge in [-0.05, 0) is 24.5 Å². The second-order valence-electron chi connectivity index (χ2n) is 6.40. The van der Waals surface area contributed by atoms with Crippen LogP contribution >= 0.6 is 0 Å². The topological polar surface area (TPSA) is 71.4 Å². The Morgan fingerprint density at radius 1 is 1.35 bits per heavy atom. The van der Waals surface area contributed by atoms with Gasteiger partial charge in [-0.2, -0.15) is 23.3 Å². The van der Waals surface area contributed by atoms with E-state index in [0.717, 1.165) is 0 Å². The van der Waals surface area contributed by atoms with E-state index in [9.17, 15) is 23.1 Å². The lowest BCUT2D eigenvalue weighted by molar-refractivity contribution is -0.302. The van der Waals surface area contributed by atoms with Crippen molar-refractivity contribution in [3.8, 4) is 11.5 Å². The minimum absolute atomic E-state index is 0.0334. The van der Waals surface area contributed by atoms with Gasteiger partial charge in [0.15, 0.2) is 18.1 Å². The van der Waals surface area contributed by atoms with E-state index in [1.807, 2.05) is 13.8 Å². The van der Waals surface area contributed by atoms with Gasteiger partial charge in [-0.3, -0.25) is 4.79 Å². The van der Waals surface area contributed by atoms with Crippen LogP contribution in [0.15, 0.2) is 29.4 Å². The summed E-state index contributed by atoms with van der Waals surface area (Å²) in [5.74, 6) is -0.540. The molecule has 1 amide bonds. The van der Waals surface area contributed by atoms with Crippen LogP contribution in [0.3, 0.4) is 0 Å². The van der Waals surface area contributed by atoms with Crippen molar-refractivity contribution in [2.45, 2.75) is 38.6 Å². The number of nitrogens with zero attached hydrogens (tertiary/aromatic N) is 2. The molecule has 26 heavy (non-hydrogen) atoms. The van der Waals surface area contributed by atoms with Crippen molar-refractivity contribution in [1.29, 1.82) is 0 Å². The lowest BCUT2D eigenvalue weighted by Crippen LogP contribution is -2.57. The summed E-state index contributed by atoms with van der Waals surface area (Å²) in [6.07, 6.45) is -5.57. The van der Waals surface area contributed by atoms with Gasteiger partial charge < -0.3 is 14.6 Å². The number of methoxy groups -OCH3 is 1. The van der Waals surface area contributed by atoms with E-state index in [4.69, 9.17) is 9.47 Å². The van der Waals surface area contributed by atoms with E-state index in [2.05, 4.69) is 5.10 Å². The van der Waals surface area contributed by atoms with Crippen LogP contribution in [0.1, 0.15) is 26.7 Å². The number of aliphatic hydroxyl groups is 1. The van der Waals surface area contributed by atoms with Crippen LogP contribution in [-0.2, 0) is 4.79 Å². The molecule has 0 radical (unpaired) electrons.